The normalized spacial score (nSPS) is 45.7. The number of nitrogens with one attached hydrogen (secondary N) is 2. The van der Waals surface area contributed by atoms with Gasteiger partial charge in [0.05, 0.1) is 54.3 Å². The molecule has 11 N–H and O–H groups in total. The minimum absolute atomic E-state index is 0.0223. The molecule has 19 unspecified atom stereocenters. The van der Waals surface area contributed by atoms with Crippen molar-refractivity contribution in [2.75, 3.05) is 19.7 Å². The van der Waals surface area contributed by atoms with Crippen molar-refractivity contribution in [3.63, 3.8) is 0 Å². The Morgan fingerprint density at radius 2 is 1.78 bits per heavy atom. The Morgan fingerprint density at radius 1 is 1.00 bits per heavy atom. The minimum atomic E-state index is -1.79. The van der Waals surface area contributed by atoms with Crippen molar-refractivity contribution in [3.8, 4) is 11.8 Å². The Kier molecular flexibility index (Phi) is 13.2. The van der Waals surface area contributed by atoms with Crippen LogP contribution in [0.25, 0.3) is 0 Å². The van der Waals surface area contributed by atoms with Gasteiger partial charge in [-0.1, -0.05) is 38.3 Å². The number of ether oxygens (including phenoxy) is 1. The molecule has 19 atom stereocenters. The summed E-state index contributed by atoms with van der Waals surface area (Å²) in [6, 6.07) is 1.94. The van der Waals surface area contributed by atoms with Gasteiger partial charge in [-0.2, -0.15) is 0 Å². The molecule has 14 nitrogen and oxygen atoms in total. The van der Waals surface area contributed by atoms with Gasteiger partial charge in [0.15, 0.2) is 11.7 Å². The average molecular weight is 940 g/mol. The fraction of sp³-hybridized carbons (Fsp3) is 0.741. The molecule has 0 spiro atoms. The fourth-order valence-electron chi connectivity index (χ4n) is 16.5. The first kappa shape index (κ1) is 49.0. The number of guanidine groups is 1. The molecule has 8 aliphatic rings. The van der Waals surface area contributed by atoms with Crippen LogP contribution in [-0.4, -0.2) is 103 Å². The van der Waals surface area contributed by atoms with Gasteiger partial charge in [-0.3, -0.25) is 19.4 Å². The van der Waals surface area contributed by atoms with Gasteiger partial charge >= 0.3 is 5.97 Å². The second-order valence-electron chi connectivity index (χ2n) is 23.5. The number of H-pyrrole nitrogens is 1. The molecule has 14 heteroatoms. The highest BCUT2D eigenvalue weighted by atomic mass is 16.5. The maximum atomic E-state index is 15.0. The Bertz CT molecular complexity index is 2280. The van der Waals surface area contributed by atoms with Crippen molar-refractivity contribution in [2.24, 2.45) is 92.4 Å². The number of esters is 1. The molecule has 7 aliphatic carbocycles. The van der Waals surface area contributed by atoms with E-state index < -0.39 is 69.9 Å². The minimum Gasteiger partial charge on any atom is -0.465 e. The van der Waals surface area contributed by atoms with E-state index in [2.05, 4.69) is 47.1 Å². The number of carbonyl (C=O) groups excluding carboxylic acids is 3. The van der Waals surface area contributed by atoms with E-state index in [-0.39, 0.29) is 111 Å². The van der Waals surface area contributed by atoms with E-state index in [1.807, 2.05) is 25.4 Å². The molecule has 1 aromatic rings. The number of aromatic amines is 1. The zero-order valence-corrected chi connectivity index (χ0v) is 40.8. The molecular formula is C54H77N5O9. The molecule has 2 heterocycles. The summed E-state index contributed by atoms with van der Waals surface area (Å²) in [4.78, 5) is 49.0. The number of hydrogen-bond acceptors (Lipinski definition) is 11. The van der Waals surface area contributed by atoms with Gasteiger partial charge in [-0.15, -0.1) is 5.92 Å². The van der Waals surface area contributed by atoms with E-state index in [1.165, 1.54) is 12.5 Å². The summed E-state index contributed by atoms with van der Waals surface area (Å²) in [7, 11) is 0. The number of ketones is 2. The van der Waals surface area contributed by atoms with Crippen molar-refractivity contribution in [1.29, 1.82) is 0 Å². The zero-order valence-electron chi connectivity index (χ0n) is 40.8. The van der Waals surface area contributed by atoms with Crippen LogP contribution in [0.2, 0.25) is 0 Å². The highest BCUT2D eigenvalue weighted by Crippen LogP contribution is 2.72. The van der Waals surface area contributed by atoms with Gasteiger partial charge in [0.25, 0.3) is 0 Å². The number of aliphatic hydroxyl groups excluding tert-OH is 3. The Morgan fingerprint density at radius 3 is 2.50 bits per heavy atom. The lowest BCUT2D eigenvalue weighted by Crippen LogP contribution is -2.65. The average Bonchev–Trinajstić information content (AvgIpc) is 4.00. The van der Waals surface area contributed by atoms with Crippen LogP contribution in [0.15, 0.2) is 46.4 Å². The number of nitrogens with two attached hydrogens (primary N) is 2. The Labute approximate surface area is 401 Å². The lowest BCUT2D eigenvalue weighted by Gasteiger charge is -2.62. The van der Waals surface area contributed by atoms with Crippen LogP contribution in [0.4, 0.5) is 0 Å². The van der Waals surface area contributed by atoms with Crippen LogP contribution in [-0.2, 0) is 19.1 Å². The number of carbonyl (C=O) groups is 3. The molecule has 372 valence electrons. The first-order valence-corrected chi connectivity index (χ1v) is 25.7. The summed E-state index contributed by atoms with van der Waals surface area (Å²) >= 11 is 0. The van der Waals surface area contributed by atoms with E-state index in [9.17, 15) is 35.1 Å². The number of hydrogen-bond donors (Lipinski definition) is 9. The lowest BCUT2D eigenvalue weighted by molar-refractivity contribution is -0.190. The largest absolute Gasteiger partial charge is 0.465 e. The maximum absolute atomic E-state index is 15.0. The molecule has 0 amide bonds. The third kappa shape index (κ3) is 8.08. The third-order valence-electron chi connectivity index (χ3n) is 19.7. The number of allylic oxidation sites excluding steroid dienone is 3. The highest BCUT2D eigenvalue weighted by molar-refractivity contribution is 6.00. The first-order chi connectivity index (χ1) is 32.2. The SMILES string of the molecule is CC(=O)CNC1=C2C(CCC3(CCN=C(N)N)C4C(CC#CC(C5COC(=O)C5c5cc[nH]c5)CC5C6CC(C)CCC6=CCC5C(C)CC(O)C4(C)O)CC23O)C2(C)CC(O)C(O)CC2C1=O. The van der Waals surface area contributed by atoms with Crippen molar-refractivity contribution in [3.05, 3.63) is 46.9 Å². The molecule has 5 fully saturated rings. The second-order valence-corrected chi connectivity index (χ2v) is 23.5. The van der Waals surface area contributed by atoms with Crippen LogP contribution in [0.1, 0.15) is 130 Å². The molecule has 0 aromatic carbocycles. The van der Waals surface area contributed by atoms with Crippen molar-refractivity contribution >= 4 is 23.5 Å². The van der Waals surface area contributed by atoms with E-state index in [0.717, 1.165) is 37.7 Å². The maximum Gasteiger partial charge on any atom is 0.313 e. The quantitative estimate of drug-likeness (QED) is 0.0579. The van der Waals surface area contributed by atoms with E-state index in [4.69, 9.17) is 16.2 Å². The summed E-state index contributed by atoms with van der Waals surface area (Å²) in [6.07, 6.45) is 9.54. The van der Waals surface area contributed by atoms with Gasteiger partial charge in [-0.05, 0) is 155 Å². The van der Waals surface area contributed by atoms with Gasteiger partial charge in [0.1, 0.15) is 5.78 Å². The third-order valence-corrected chi connectivity index (χ3v) is 19.7. The molecule has 9 rings (SSSR count). The highest BCUT2D eigenvalue weighted by Gasteiger charge is 2.74. The van der Waals surface area contributed by atoms with Gasteiger partial charge in [0.2, 0.25) is 0 Å². The van der Waals surface area contributed by atoms with E-state index >= 15 is 4.79 Å². The number of aliphatic hydroxyl groups is 5. The molecule has 0 radical (unpaired) electrons. The number of cyclic esters (lactones) is 1. The van der Waals surface area contributed by atoms with Crippen LogP contribution >= 0.6 is 0 Å². The second kappa shape index (κ2) is 18.3. The van der Waals surface area contributed by atoms with Crippen molar-refractivity contribution < 1.29 is 44.7 Å². The summed E-state index contributed by atoms with van der Waals surface area (Å²) in [5.41, 5.74) is 9.31. The summed E-state index contributed by atoms with van der Waals surface area (Å²) < 4.78 is 5.90. The van der Waals surface area contributed by atoms with Crippen LogP contribution in [0.5, 0.6) is 0 Å². The van der Waals surface area contributed by atoms with Gasteiger partial charge in [0, 0.05) is 54.4 Å². The number of nitrogens with zero attached hydrogens (tertiary/aromatic N) is 1. The van der Waals surface area contributed by atoms with Gasteiger partial charge < -0.3 is 52.0 Å². The molecule has 1 aliphatic heterocycles. The number of rotatable bonds is 8. The summed E-state index contributed by atoms with van der Waals surface area (Å²) in [5.74, 6) is 4.51. The first-order valence-electron chi connectivity index (χ1n) is 25.7. The molecule has 1 saturated heterocycles. The van der Waals surface area contributed by atoms with Gasteiger partial charge in [-0.25, -0.2) is 0 Å². The zero-order chi connectivity index (χ0) is 48.7. The number of fused-ring (bicyclic) bond motifs is 10. The lowest BCUT2D eigenvalue weighted by atomic mass is 9.44. The molecule has 0 bridgehead atoms. The number of aliphatic imine (C=N–C) groups is 1. The van der Waals surface area contributed by atoms with Crippen molar-refractivity contribution in [2.45, 2.75) is 154 Å². The van der Waals surface area contributed by atoms with Crippen LogP contribution < -0.4 is 16.8 Å². The number of aromatic nitrogens is 1. The van der Waals surface area contributed by atoms with E-state index in [1.54, 1.807) is 6.92 Å². The predicted molar refractivity (Wildman–Crippen MR) is 256 cm³/mol. The van der Waals surface area contributed by atoms with Crippen LogP contribution in [0, 0.1) is 87.8 Å². The molecular weight excluding hydrogens is 863 g/mol. The topological polar surface area (TPSA) is 254 Å². The predicted octanol–water partition coefficient (Wildman–Crippen LogP) is 4.40. The standard InChI is InChI=1S/C54H77N5O9/c1-28-9-10-31-11-12-35-29(2)20-43(63)52(5,66)48-33(8-6-7-32(21-37(35)36(31)19-28)38-27-68-49(65)44(38)34-14-17-57-26-34)23-54(67)45-39(13-15-53(48,54)16-18-58-50(55)56)51(4)24-42(62)41(61)22-40(51)47(64)46(45)59-25-30(3)60/h11,14,17,26,28-29,32-33,35-44,48,57,59,61-63,66-67H,8-10,12-13,15-16,18-25,27H2,1-5H3,(H4,55,56,58). The Hall–Kier alpha value is -4.00. The smallest absolute Gasteiger partial charge is 0.313 e. The van der Waals surface area contributed by atoms with Crippen molar-refractivity contribution in [1.82, 2.24) is 10.3 Å². The molecule has 1 aromatic heterocycles. The van der Waals surface area contributed by atoms with Crippen LogP contribution in [0.3, 0.4) is 0 Å². The van der Waals surface area contributed by atoms with E-state index in [0.29, 0.717) is 36.7 Å². The molecule has 68 heavy (non-hydrogen) atoms. The summed E-state index contributed by atoms with van der Waals surface area (Å²) in [6.45, 7) is 9.86. The monoisotopic (exact) mass is 940 g/mol. The number of Topliss-reactive ketones (excluding diaryl/α,β-unsaturated/α-hetero) is 2. The Balaban J connectivity index is 1.21. The summed E-state index contributed by atoms with van der Waals surface area (Å²) in [5, 5.41) is 65.8. The fourth-order valence-corrected chi connectivity index (χ4v) is 16.5. The molecule has 4 saturated carbocycles.